The number of benzene rings is 3. The van der Waals surface area contributed by atoms with Gasteiger partial charge in [-0.25, -0.2) is 0 Å². The van der Waals surface area contributed by atoms with E-state index in [1.807, 2.05) is 42.5 Å². The summed E-state index contributed by atoms with van der Waals surface area (Å²) in [5, 5.41) is 6.38. The molecule has 0 spiro atoms. The summed E-state index contributed by atoms with van der Waals surface area (Å²) in [4.78, 5) is 26.5. The number of amides is 2. The Morgan fingerprint density at radius 2 is 1.94 bits per heavy atom. The van der Waals surface area contributed by atoms with Crippen LogP contribution < -0.4 is 15.4 Å². The van der Waals surface area contributed by atoms with E-state index >= 15 is 0 Å². The Balaban J connectivity index is 1.46. The number of halogens is 1. The third-order valence-corrected chi connectivity index (χ3v) is 6.03. The number of hydrogen-bond acceptors (Lipinski definition) is 4. The highest BCUT2D eigenvalue weighted by Gasteiger charge is 2.22. The van der Waals surface area contributed by atoms with Crippen LogP contribution in [0.25, 0.3) is 6.08 Å². The van der Waals surface area contributed by atoms with E-state index in [1.54, 1.807) is 37.5 Å². The Morgan fingerprint density at radius 1 is 1.13 bits per heavy atom. The molecule has 3 aromatic carbocycles. The van der Waals surface area contributed by atoms with Crippen LogP contribution in [0, 0.1) is 0 Å². The molecular formula is C24H19ClN2O3S. The van der Waals surface area contributed by atoms with Crippen molar-refractivity contribution in [2.75, 3.05) is 12.4 Å². The largest absolute Gasteiger partial charge is 0.497 e. The Kier molecular flexibility index (Phi) is 6.30. The highest BCUT2D eigenvalue weighted by molar-refractivity contribution is 8.04. The molecule has 1 heterocycles. The molecule has 0 saturated heterocycles. The Bertz CT molecular complexity index is 1180. The molecule has 2 amide bonds. The molecule has 2 N–H and O–H groups in total. The average Bonchev–Trinajstić information content (AvgIpc) is 2.78. The minimum Gasteiger partial charge on any atom is -0.497 e. The lowest BCUT2D eigenvalue weighted by Gasteiger charge is -2.19. The molecule has 0 fully saturated rings. The third-order valence-electron chi connectivity index (χ3n) is 4.69. The summed E-state index contributed by atoms with van der Waals surface area (Å²) in [5.41, 5.74) is 2.92. The van der Waals surface area contributed by atoms with Gasteiger partial charge in [-0.3, -0.25) is 9.59 Å². The van der Waals surface area contributed by atoms with Crippen molar-refractivity contribution in [2.45, 2.75) is 11.4 Å². The number of methoxy groups -OCH3 is 1. The molecule has 3 aromatic rings. The van der Waals surface area contributed by atoms with Crippen LogP contribution in [0.2, 0.25) is 5.02 Å². The number of rotatable bonds is 5. The maximum absolute atomic E-state index is 12.6. The molecule has 1 aliphatic rings. The molecule has 0 bridgehead atoms. The van der Waals surface area contributed by atoms with Gasteiger partial charge in [-0.2, -0.15) is 0 Å². The standard InChI is InChI=1S/C24H19ClN2O3S/c1-30-19-8-5-15(6-9-19)14-26-23(28)17-7-10-21-20(13-17)27-24(29)22(31-21)12-16-3-2-4-18(25)11-16/h2-13H,14H2,1H3,(H,26,28)(H,27,29). The normalized spacial score (nSPS) is 14.0. The van der Waals surface area contributed by atoms with Gasteiger partial charge in [-0.05, 0) is 59.7 Å². The van der Waals surface area contributed by atoms with Crippen LogP contribution in [0.1, 0.15) is 21.5 Å². The highest BCUT2D eigenvalue weighted by Crippen LogP contribution is 2.39. The molecule has 1 aliphatic heterocycles. The molecule has 0 saturated carbocycles. The summed E-state index contributed by atoms with van der Waals surface area (Å²) >= 11 is 7.39. The van der Waals surface area contributed by atoms with Crippen LogP contribution in [-0.2, 0) is 11.3 Å². The third kappa shape index (κ3) is 5.10. The van der Waals surface area contributed by atoms with E-state index in [0.29, 0.717) is 27.7 Å². The fourth-order valence-electron chi connectivity index (χ4n) is 3.08. The van der Waals surface area contributed by atoms with Gasteiger partial charge >= 0.3 is 0 Å². The number of nitrogens with one attached hydrogen (secondary N) is 2. The van der Waals surface area contributed by atoms with E-state index in [1.165, 1.54) is 11.8 Å². The second-order valence-corrected chi connectivity index (χ2v) is 8.38. The van der Waals surface area contributed by atoms with Gasteiger partial charge in [0.25, 0.3) is 11.8 Å². The molecule has 4 rings (SSSR count). The second-order valence-electron chi connectivity index (χ2n) is 6.86. The molecule has 5 nitrogen and oxygen atoms in total. The Labute approximate surface area is 189 Å². The highest BCUT2D eigenvalue weighted by atomic mass is 35.5. The van der Waals surface area contributed by atoms with Gasteiger partial charge in [0.05, 0.1) is 17.7 Å². The Morgan fingerprint density at radius 3 is 2.68 bits per heavy atom. The van der Waals surface area contributed by atoms with Gasteiger partial charge in [0, 0.05) is 22.0 Å². The first-order chi connectivity index (χ1) is 15.0. The first kappa shape index (κ1) is 21.0. The second kappa shape index (κ2) is 9.29. The molecule has 31 heavy (non-hydrogen) atoms. The predicted octanol–water partition coefficient (Wildman–Crippen LogP) is 5.36. The molecular weight excluding hydrogens is 432 g/mol. The van der Waals surface area contributed by atoms with Crippen LogP contribution in [0.5, 0.6) is 5.75 Å². The topological polar surface area (TPSA) is 67.4 Å². The number of fused-ring (bicyclic) bond motifs is 1. The molecule has 0 atom stereocenters. The first-order valence-corrected chi connectivity index (χ1v) is 10.7. The minimum atomic E-state index is -0.215. The SMILES string of the molecule is COc1ccc(CNC(=O)c2ccc3c(c2)NC(=O)C(=Cc2cccc(Cl)c2)S3)cc1. The predicted molar refractivity (Wildman–Crippen MR) is 125 cm³/mol. The van der Waals surface area contributed by atoms with Crippen molar-refractivity contribution in [3.8, 4) is 5.75 Å². The molecule has 0 aromatic heterocycles. The molecule has 0 unspecified atom stereocenters. The van der Waals surface area contributed by atoms with Gasteiger partial charge in [-0.15, -0.1) is 0 Å². The zero-order valence-electron chi connectivity index (χ0n) is 16.6. The van der Waals surface area contributed by atoms with E-state index in [-0.39, 0.29) is 11.8 Å². The monoisotopic (exact) mass is 450 g/mol. The van der Waals surface area contributed by atoms with Crippen molar-refractivity contribution in [1.82, 2.24) is 5.32 Å². The van der Waals surface area contributed by atoms with E-state index in [9.17, 15) is 9.59 Å². The summed E-state index contributed by atoms with van der Waals surface area (Å²) in [6.07, 6.45) is 1.80. The molecule has 156 valence electrons. The first-order valence-electron chi connectivity index (χ1n) is 9.53. The van der Waals surface area contributed by atoms with Crippen molar-refractivity contribution in [3.05, 3.63) is 93.3 Å². The number of carbonyl (C=O) groups is 2. The van der Waals surface area contributed by atoms with E-state index in [0.717, 1.165) is 21.8 Å². The van der Waals surface area contributed by atoms with Crippen LogP contribution in [0.4, 0.5) is 5.69 Å². The van der Waals surface area contributed by atoms with Crippen LogP contribution in [-0.4, -0.2) is 18.9 Å². The zero-order valence-corrected chi connectivity index (χ0v) is 18.2. The molecule has 0 radical (unpaired) electrons. The van der Waals surface area contributed by atoms with Gasteiger partial charge < -0.3 is 15.4 Å². The quantitative estimate of drug-likeness (QED) is 0.513. The van der Waals surface area contributed by atoms with Crippen LogP contribution in [0.15, 0.2) is 76.5 Å². The average molecular weight is 451 g/mol. The van der Waals surface area contributed by atoms with Gasteiger partial charge in [0.2, 0.25) is 0 Å². The van der Waals surface area contributed by atoms with Crippen molar-refractivity contribution in [2.24, 2.45) is 0 Å². The van der Waals surface area contributed by atoms with E-state index in [2.05, 4.69) is 10.6 Å². The lowest BCUT2D eigenvalue weighted by Crippen LogP contribution is -2.23. The summed E-state index contributed by atoms with van der Waals surface area (Å²) in [7, 11) is 1.61. The minimum absolute atomic E-state index is 0.210. The number of hydrogen-bond donors (Lipinski definition) is 2. The smallest absolute Gasteiger partial charge is 0.262 e. The summed E-state index contributed by atoms with van der Waals surface area (Å²) in [6, 6.07) is 20.1. The van der Waals surface area contributed by atoms with Gasteiger partial charge in [-0.1, -0.05) is 47.6 Å². The lowest BCUT2D eigenvalue weighted by atomic mass is 10.1. The summed E-state index contributed by atoms with van der Waals surface area (Å²) < 4.78 is 5.14. The number of carbonyl (C=O) groups excluding carboxylic acids is 2. The number of thioether (sulfide) groups is 1. The van der Waals surface area contributed by atoms with Crippen molar-refractivity contribution in [1.29, 1.82) is 0 Å². The van der Waals surface area contributed by atoms with Gasteiger partial charge in [0.15, 0.2) is 0 Å². The van der Waals surface area contributed by atoms with E-state index < -0.39 is 0 Å². The van der Waals surface area contributed by atoms with E-state index in [4.69, 9.17) is 16.3 Å². The van der Waals surface area contributed by atoms with Crippen LogP contribution in [0.3, 0.4) is 0 Å². The maximum Gasteiger partial charge on any atom is 0.262 e. The van der Waals surface area contributed by atoms with Gasteiger partial charge in [0.1, 0.15) is 5.75 Å². The molecule has 0 aliphatic carbocycles. The van der Waals surface area contributed by atoms with Crippen molar-refractivity contribution < 1.29 is 14.3 Å². The zero-order chi connectivity index (χ0) is 21.8. The van der Waals surface area contributed by atoms with Crippen molar-refractivity contribution in [3.63, 3.8) is 0 Å². The lowest BCUT2D eigenvalue weighted by molar-refractivity contribution is -0.112. The fourth-order valence-corrected chi connectivity index (χ4v) is 4.21. The number of anilines is 1. The summed E-state index contributed by atoms with van der Waals surface area (Å²) in [5.74, 6) is 0.341. The fraction of sp³-hybridized carbons (Fsp3) is 0.0833. The maximum atomic E-state index is 12.6. The number of ether oxygens (including phenoxy) is 1. The Hall–Kier alpha value is -3.22. The summed E-state index contributed by atoms with van der Waals surface area (Å²) in [6.45, 7) is 0.396. The van der Waals surface area contributed by atoms with Crippen LogP contribution >= 0.6 is 23.4 Å². The van der Waals surface area contributed by atoms with Crippen molar-refractivity contribution >= 4 is 46.9 Å². The molecule has 7 heteroatoms.